The van der Waals surface area contributed by atoms with Gasteiger partial charge in [0.05, 0.1) is 18.7 Å². The maximum atomic E-state index is 14.1. The number of alkyl halides is 2. The molecule has 0 amide bonds. The van der Waals surface area contributed by atoms with Crippen LogP contribution in [0.1, 0.15) is 30.0 Å². The van der Waals surface area contributed by atoms with E-state index in [0.717, 1.165) is 17.0 Å². The zero-order chi connectivity index (χ0) is 25.3. The highest BCUT2D eigenvalue weighted by Crippen LogP contribution is 2.36. The number of nitrogens with zero attached hydrogens (tertiary/aromatic N) is 3. The van der Waals surface area contributed by atoms with Crippen molar-refractivity contribution >= 4 is 29.1 Å². The van der Waals surface area contributed by atoms with Gasteiger partial charge in [0.15, 0.2) is 22.5 Å². The van der Waals surface area contributed by atoms with Gasteiger partial charge >= 0.3 is 11.9 Å². The molecule has 0 aliphatic carbocycles. The fourth-order valence-corrected chi connectivity index (χ4v) is 4.63. The second-order valence-corrected chi connectivity index (χ2v) is 8.84. The molecular weight excluding hydrogens is 492 g/mol. The van der Waals surface area contributed by atoms with Gasteiger partial charge in [-0.3, -0.25) is 14.7 Å². The molecule has 13 heteroatoms. The molecule has 2 aromatic rings. The number of carboxylic acid groups (broad SMARTS) is 1. The highest BCUT2D eigenvalue weighted by molar-refractivity contribution is 7.11. The van der Waals surface area contributed by atoms with Gasteiger partial charge in [-0.25, -0.2) is 27.3 Å². The molecule has 0 bridgehead atoms. The number of benzene rings is 1. The van der Waals surface area contributed by atoms with Crippen LogP contribution >= 0.6 is 11.3 Å². The summed E-state index contributed by atoms with van der Waals surface area (Å²) in [5, 5.41) is 14.4. The quantitative estimate of drug-likeness (QED) is 0.434. The molecule has 1 saturated heterocycles. The Hall–Kier alpha value is -3.32. The first kappa shape index (κ1) is 24.8. The zero-order valence-electron chi connectivity index (χ0n) is 18.3. The molecule has 0 spiro atoms. The topological polar surface area (TPSA) is 104 Å². The molecule has 4 rings (SSSR count). The van der Waals surface area contributed by atoms with Gasteiger partial charge in [-0.1, -0.05) is 6.07 Å². The maximum absolute atomic E-state index is 14.1. The van der Waals surface area contributed by atoms with Crippen molar-refractivity contribution in [3.63, 3.8) is 0 Å². The Balaban J connectivity index is 1.83. The number of hydrogen-bond acceptors (Lipinski definition) is 8. The number of likely N-dealkylation sites (tertiary alicyclic amines) is 1. The third-order valence-electron chi connectivity index (χ3n) is 5.53. The lowest BCUT2D eigenvalue weighted by molar-refractivity contribution is -0.142. The summed E-state index contributed by atoms with van der Waals surface area (Å²) >= 11 is 1.20. The number of halogens is 4. The lowest BCUT2D eigenvalue weighted by Crippen LogP contribution is -2.43. The molecule has 0 saturated carbocycles. The number of aliphatic carboxylic acids is 1. The predicted molar refractivity (Wildman–Crippen MR) is 117 cm³/mol. The van der Waals surface area contributed by atoms with E-state index in [1.54, 1.807) is 12.3 Å². The fourth-order valence-electron chi connectivity index (χ4n) is 4.04. The van der Waals surface area contributed by atoms with Crippen molar-refractivity contribution in [2.75, 3.05) is 19.7 Å². The van der Waals surface area contributed by atoms with Crippen LogP contribution in [0.2, 0.25) is 0 Å². The lowest BCUT2D eigenvalue weighted by Gasteiger charge is -2.30. The summed E-state index contributed by atoms with van der Waals surface area (Å²) in [6, 6.07) is 0.334. The van der Waals surface area contributed by atoms with Crippen molar-refractivity contribution in [3.05, 3.63) is 63.3 Å². The van der Waals surface area contributed by atoms with E-state index in [2.05, 4.69) is 15.3 Å². The van der Waals surface area contributed by atoms with Gasteiger partial charge in [-0.2, -0.15) is 0 Å². The van der Waals surface area contributed by atoms with Crippen molar-refractivity contribution < 1.29 is 37.0 Å². The SMILES string of the molecule is CCOC(=O)C1=C(CN2CC(F)(F)CC2C(=O)O)NC(c2nccs2)=NC1c1ccc(F)c(F)c1. The van der Waals surface area contributed by atoms with E-state index in [-0.39, 0.29) is 35.8 Å². The zero-order valence-corrected chi connectivity index (χ0v) is 19.1. The van der Waals surface area contributed by atoms with Gasteiger partial charge in [0, 0.05) is 30.2 Å². The average molecular weight is 512 g/mol. The third-order valence-corrected chi connectivity index (χ3v) is 6.31. The number of hydrogen-bond donors (Lipinski definition) is 2. The molecule has 8 nitrogen and oxygen atoms in total. The fraction of sp³-hybridized carbons (Fsp3) is 0.364. The van der Waals surface area contributed by atoms with Crippen LogP contribution in [0, 0.1) is 11.6 Å². The monoisotopic (exact) mass is 512 g/mol. The molecule has 2 atom stereocenters. The molecule has 1 aromatic heterocycles. The predicted octanol–water partition coefficient (Wildman–Crippen LogP) is 3.12. The van der Waals surface area contributed by atoms with Crippen molar-refractivity contribution in [1.29, 1.82) is 0 Å². The minimum atomic E-state index is -3.24. The molecule has 1 aromatic carbocycles. The van der Waals surface area contributed by atoms with Crippen molar-refractivity contribution in [2.24, 2.45) is 4.99 Å². The number of carbonyl (C=O) groups is 2. The van der Waals surface area contributed by atoms with E-state index in [1.165, 1.54) is 23.6 Å². The Labute approximate surface area is 200 Å². The largest absolute Gasteiger partial charge is 0.480 e. The Morgan fingerprint density at radius 2 is 2.09 bits per heavy atom. The van der Waals surface area contributed by atoms with Gasteiger partial charge < -0.3 is 15.2 Å². The second kappa shape index (κ2) is 9.74. The summed E-state index contributed by atoms with van der Waals surface area (Å²) in [7, 11) is 0. The Bertz CT molecular complexity index is 1200. The van der Waals surface area contributed by atoms with Gasteiger partial charge in [-0.15, -0.1) is 11.3 Å². The Morgan fingerprint density at radius 1 is 1.31 bits per heavy atom. The van der Waals surface area contributed by atoms with Gasteiger partial charge in [-0.05, 0) is 24.6 Å². The van der Waals surface area contributed by atoms with E-state index in [4.69, 9.17) is 4.74 Å². The van der Waals surface area contributed by atoms with E-state index in [0.29, 0.717) is 5.01 Å². The number of thiazole rings is 1. The van der Waals surface area contributed by atoms with Crippen molar-refractivity contribution in [1.82, 2.24) is 15.2 Å². The Morgan fingerprint density at radius 3 is 2.71 bits per heavy atom. The third kappa shape index (κ3) is 5.20. The van der Waals surface area contributed by atoms with Crippen LogP contribution in [-0.4, -0.2) is 64.4 Å². The summed E-state index contributed by atoms with van der Waals surface area (Å²) < 4.78 is 61.1. The van der Waals surface area contributed by atoms with Crippen LogP contribution in [0.4, 0.5) is 17.6 Å². The lowest BCUT2D eigenvalue weighted by atomic mass is 9.95. The molecule has 2 aliphatic rings. The van der Waals surface area contributed by atoms with E-state index in [9.17, 15) is 32.3 Å². The number of amidine groups is 1. The molecule has 2 unspecified atom stereocenters. The van der Waals surface area contributed by atoms with E-state index in [1.807, 2.05) is 0 Å². The maximum Gasteiger partial charge on any atom is 0.338 e. The first-order chi connectivity index (χ1) is 16.6. The smallest absolute Gasteiger partial charge is 0.338 e. The van der Waals surface area contributed by atoms with Gasteiger partial charge in [0.2, 0.25) is 0 Å². The van der Waals surface area contributed by atoms with E-state index >= 15 is 0 Å². The summed E-state index contributed by atoms with van der Waals surface area (Å²) in [6.45, 7) is 0.311. The van der Waals surface area contributed by atoms with Gasteiger partial charge in [0.25, 0.3) is 5.92 Å². The minimum absolute atomic E-state index is 0.0251. The molecule has 2 aliphatic heterocycles. The highest BCUT2D eigenvalue weighted by Gasteiger charge is 2.49. The molecule has 35 heavy (non-hydrogen) atoms. The molecule has 2 N–H and O–H groups in total. The minimum Gasteiger partial charge on any atom is -0.480 e. The molecular formula is C22H20F4N4O4S. The molecule has 1 fully saturated rings. The first-order valence-electron chi connectivity index (χ1n) is 10.5. The number of carbonyl (C=O) groups excluding carboxylic acids is 1. The number of esters is 1. The second-order valence-electron chi connectivity index (χ2n) is 7.95. The number of rotatable bonds is 7. The van der Waals surface area contributed by atoms with Crippen LogP contribution in [0.3, 0.4) is 0 Å². The Kier molecular flexibility index (Phi) is 6.90. The average Bonchev–Trinajstić information content (AvgIpc) is 3.43. The molecule has 0 radical (unpaired) electrons. The summed E-state index contributed by atoms with van der Waals surface area (Å²) in [5.74, 6) is -7.63. The van der Waals surface area contributed by atoms with Gasteiger partial charge in [0.1, 0.15) is 12.1 Å². The first-order valence-corrected chi connectivity index (χ1v) is 11.4. The highest BCUT2D eigenvalue weighted by atomic mass is 32.1. The standard InChI is InChI=1S/C22H20F4N4O4S/c1-2-34-21(33)16-14(9-30-10-22(25,26)8-15(30)20(31)32)28-18(19-27-5-6-35-19)29-17(16)11-3-4-12(23)13(24)7-11/h3-7,15,17H,2,8-10H2,1H3,(H,28,29)(H,31,32). The summed E-state index contributed by atoms with van der Waals surface area (Å²) in [5.41, 5.74) is 0.0430. The number of ether oxygens (including phenoxy) is 1. The molecule has 3 heterocycles. The van der Waals surface area contributed by atoms with Crippen LogP contribution in [0.5, 0.6) is 0 Å². The van der Waals surface area contributed by atoms with Crippen LogP contribution < -0.4 is 5.32 Å². The van der Waals surface area contributed by atoms with Crippen LogP contribution in [0.25, 0.3) is 0 Å². The number of carboxylic acids is 1. The van der Waals surface area contributed by atoms with E-state index < -0.39 is 54.5 Å². The normalized spacial score (nSPS) is 22.0. The van der Waals surface area contributed by atoms with Crippen LogP contribution in [-0.2, 0) is 14.3 Å². The summed E-state index contributed by atoms with van der Waals surface area (Å²) in [6.07, 6.45) is 0.618. The summed E-state index contributed by atoms with van der Waals surface area (Å²) in [4.78, 5) is 34.3. The molecule has 186 valence electrons. The van der Waals surface area contributed by atoms with Crippen molar-refractivity contribution in [2.45, 2.75) is 31.4 Å². The number of aromatic nitrogens is 1. The number of nitrogens with one attached hydrogen (secondary N) is 1. The van der Waals surface area contributed by atoms with Crippen molar-refractivity contribution in [3.8, 4) is 0 Å². The van der Waals surface area contributed by atoms with Crippen LogP contribution in [0.15, 0.2) is 46.0 Å². The number of aliphatic imine (C=N–C) groups is 1.